The molecule has 0 aromatic rings. The summed E-state index contributed by atoms with van der Waals surface area (Å²) in [6, 6.07) is 0. The van der Waals surface area contributed by atoms with E-state index in [1.165, 1.54) is 38.5 Å². The monoisotopic (exact) mass is 1030 g/mol. The van der Waals surface area contributed by atoms with Gasteiger partial charge in [-0.1, -0.05) is 163 Å². The number of ether oxygens (including phenoxy) is 2. The van der Waals surface area contributed by atoms with Crippen molar-refractivity contribution in [3.63, 3.8) is 0 Å². The molecule has 402 valence electrons. The number of aliphatic hydroxyl groups is 5. The summed E-state index contributed by atoms with van der Waals surface area (Å²) in [5, 5.41) is 51.2. The molecule has 8 N–H and O–H groups in total. The summed E-state index contributed by atoms with van der Waals surface area (Å²) in [5.41, 5.74) is 0. The number of phosphoric acid groups is 2. The minimum absolute atomic E-state index is 0.0882. The predicted molar refractivity (Wildman–Crippen MR) is 270 cm³/mol. The van der Waals surface area contributed by atoms with Crippen molar-refractivity contribution in [2.75, 3.05) is 13.2 Å². The number of unbranched alkanes of at least 4 members (excludes halogenated alkanes) is 13. The molecule has 19 heteroatoms. The lowest BCUT2D eigenvalue weighted by molar-refractivity contribution is -0.216. The molecule has 0 bridgehead atoms. The number of hydrogen-bond acceptors (Lipinski definition) is 14. The number of allylic oxidation sites excluding steroid dienone is 12. The molecule has 70 heavy (non-hydrogen) atoms. The van der Waals surface area contributed by atoms with Crippen LogP contribution < -0.4 is 0 Å². The zero-order chi connectivity index (χ0) is 51.9. The molecule has 0 aliphatic heterocycles. The molecule has 9 atom stereocenters. The van der Waals surface area contributed by atoms with E-state index in [0.29, 0.717) is 19.3 Å². The first-order valence-corrected chi connectivity index (χ1v) is 28.3. The topological polar surface area (TPSA) is 276 Å². The summed E-state index contributed by atoms with van der Waals surface area (Å²) < 4.78 is 49.3. The molecule has 1 rings (SSSR count). The molecular weight excluding hydrogens is 946 g/mol. The third-order valence-corrected chi connectivity index (χ3v) is 12.6. The quantitative estimate of drug-likeness (QED) is 0.00932. The van der Waals surface area contributed by atoms with Gasteiger partial charge in [-0.25, -0.2) is 9.13 Å². The fourth-order valence-corrected chi connectivity index (χ4v) is 8.67. The molecule has 1 aliphatic carbocycles. The van der Waals surface area contributed by atoms with E-state index in [0.717, 1.165) is 70.6 Å². The Morgan fingerprint density at radius 3 is 1.66 bits per heavy atom. The van der Waals surface area contributed by atoms with Gasteiger partial charge in [0.15, 0.2) is 6.10 Å². The second-order valence-electron chi connectivity index (χ2n) is 17.3. The highest BCUT2D eigenvalue weighted by Crippen LogP contribution is 2.49. The molecule has 1 saturated carbocycles. The number of phosphoric ester groups is 2. The van der Waals surface area contributed by atoms with E-state index in [9.17, 15) is 58.9 Å². The number of esters is 2. The Morgan fingerprint density at radius 1 is 0.543 bits per heavy atom. The molecular formula is C51H86O17P2. The molecule has 17 nitrogen and oxygen atoms in total. The molecule has 0 amide bonds. The second kappa shape index (κ2) is 40.6. The van der Waals surface area contributed by atoms with Crippen LogP contribution in [0.3, 0.4) is 0 Å². The van der Waals surface area contributed by atoms with Crippen LogP contribution in [0.2, 0.25) is 0 Å². The highest BCUT2D eigenvalue weighted by molar-refractivity contribution is 7.47. The van der Waals surface area contributed by atoms with Crippen molar-refractivity contribution in [1.29, 1.82) is 0 Å². The number of rotatable bonds is 41. The fraction of sp³-hybridized carbons (Fsp3) is 0.686. The zero-order valence-corrected chi connectivity index (χ0v) is 43.3. The average molecular weight is 1030 g/mol. The van der Waals surface area contributed by atoms with Crippen molar-refractivity contribution in [2.45, 2.75) is 210 Å². The lowest BCUT2D eigenvalue weighted by atomic mass is 9.85. The largest absolute Gasteiger partial charge is 0.472 e. The number of hydrogen-bond donors (Lipinski definition) is 8. The highest BCUT2D eigenvalue weighted by Gasteiger charge is 2.54. The lowest BCUT2D eigenvalue weighted by Crippen LogP contribution is -2.64. The maximum Gasteiger partial charge on any atom is 0.472 e. The Bertz CT molecular complexity index is 1690. The van der Waals surface area contributed by atoms with Gasteiger partial charge in [0, 0.05) is 12.8 Å². The minimum Gasteiger partial charge on any atom is -0.462 e. The number of carbonyl (C=O) groups excluding carboxylic acids is 2. The third-order valence-electron chi connectivity index (χ3n) is 11.0. The first-order chi connectivity index (χ1) is 33.5. The van der Waals surface area contributed by atoms with Gasteiger partial charge in [0.25, 0.3) is 0 Å². The van der Waals surface area contributed by atoms with Crippen LogP contribution in [-0.2, 0) is 41.8 Å². The van der Waals surface area contributed by atoms with Gasteiger partial charge in [0.2, 0.25) is 0 Å². The summed E-state index contributed by atoms with van der Waals surface area (Å²) in [5.74, 6) is -1.33. The van der Waals surface area contributed by atoms with E-state index in [-0.39, 0.29) is 19.3 Å². The Kier molecular flexibility index (Phi) is 37.8. The Hall–Kier alpha value is -2.86. The number of carbonyl (C=O) groups is 2. The van der Waals surface area contributed by atoms with E-state index >= 15 is 0 Å². The summed E-state index contributed by atoms with van der Waals surface area (Å²) in [6.07, 6.45) is 33.0. The molecule has 6 unspecified atom stereocenters. The van der Waals surface area contributed by atoms with E-state index < -0.39 is 89.6 Å². The standard InChI is InChI=1S/C51H86O17P2/c1-3-5-7-8-9-10-11-12-13-14-15-18-21-24-27-30-34-38-44(53)64-40-43(41-65-70(62,63)68-51-48(57)46(55)47(56)50(49(51)58)67-69(59,60)61)66-45(54)39-35-31-28-25-22-19-16-17-20-23-26-29-33-37-42(52)36-32-6-4-2/h6,12-13,17,19-20,22,26,28-29,31-33,37,42-43,46-52,55-58H,3-5,7-11,14-16,18,21,23-25,27,30,34-36,38-41H2,1-2H3,(H,62,63)(H2,59,60,61)/b13-12-,20-17-,22-19-,29-26+,31-28-,32-6-,37-33+/t42?,43-,46?,47?,48?,49?,50-,51+/m1/s1. The maximum absolute atomic E-state index is 13.0. The lowest BCUT2D eigenvalue weighted by Gasteiger charge is -2.43. The normalized spacial score (nSPS) is 22.1. The third kappa shape index (κ3) is 34.5. The minimum atomic E-state index is -5.38. The van der Waals surface area contributed by atoms with Crippen LogP contribution >= 0.6 is 15.6 Å². The molecule has 0 spiro atoms. The smallest absolute Gasteiger partial charge is 0.462 e. The van der Waals surface area contributed by atoms with Crippen LogP contribution in [0.1, 0.15) is 162 Å². The Balaban J connectivity index is 2.63. The fourth-order valence-electron chi connectivity index (χ4n) is 7.13. The van der Waals surface area contributed by atoms with Crippen LogP contribution in [0, 0.1) is 0 Å². The molecule has 0 aromatic heterocycles. The molecule has 0 heterocycles. The summed E-state index contributed by atoms with van der Waals surface area (Å²) in [4.78, 5) is 54.3. The van der Waals surface area contributed by atoms with Gasteiger partial charge in [-0.15, -0.1) is 0 Å². The SMILES string of the molecule is CC/C=C\CC(O)/C=C/C=C/C/C=C\C/C=C\C/C=C\CCC(=O)O[C@H](COC(=O)CCCCCCCCC/C=C\CCCCCCCC)COP(=O)(O)O[C@H]1C(O)C(O)C(O)[C@@H](OP(=O)(O)O)C1O. The van der Waals surface area contributed by atoms with Crippen LogP contribution in [0.15, 0.2) is 85.1 Å². The van der Waals surface area contributed by atoms with Gasteiger partial charge >= 0.3 is 27.6 Å². The van der Waals surface area contributed by atoms with Crippen molar-refractivity contribution in [3.05, 3.63) is 85.1 Å². The Labute approximate surface area is 416 Å². The van der Waals surface area contributed by atoms with Gasteiger partial charge in [-0.2, -0.15) is 0 Å². The molecule has 1 aliphatic rings. The van der Waals surface area contributed by atoms with Crippen molar-refractivity contribution >= 4 is 27.6 Å². The molecule has 0 radical (unpaired) electrons. The van der Waals surface area contributed by atoms with Gasteiger partial charge in [-0.05, 0) is 70.6 Å². The van der Waals surface area contributed by atoms with E-state index in [2.05, 4.69) is 23.6 Å². The first kappa shape index (κ1) is 65.2. The van der Waals surface area contributed by atoms with Gasteiger partial charge in [0.05, 0.1) is 12.7 Å². The van der Waals surface area contributed by atoms with Crippen molar-refractivity contribution in [2.24, 2.45) is 0 Å². The Morgan fingerprint density at radius 2 is 1.07 bits per heavy atom. The van der Waals surface area contributed by atoms with Crippen LogP contribution in [0.4, 0.5) is 0 Å². The van der Waals surface area contributed by atoms with Crippen LogP contribution in [0.5, 0.6) is 0 Å². The second-order valence-corrected chi connectivity index (χ2v) is 19.9. The van der Waals surface area contributed by atoms with E-state index in [1.807, 2.05) is 67.7 Å². The van der Waals surface area contributed by atoms with Crippen LogP contribution in [0.25, 0.3) is 0 Å². The zero-order valence-electron chi connectivity index (χ0n) is 41.5. The van der Waals surface area contributed by atoms with Crippen molar-refractivity contribution in [1.82, 2.24) is 0 Å². The van der Waals surface area contributed by atoms with Crippen molar-refractivity contribution < 1.29 is 82.0 Å². The average Bonchev–Trinajstić information content (AvgIpc) is 3.31. The van der Waals surface area contributed by atoms with E-state index in [4.69, 9.17) is 18.5 Å². The van der Waals surface area contributed by atoms with E-state index in [1.54, 1.807) is 12.2 Å². The summed E-state index contributed by atoms with van der Waals surface area (Å²) in [6.45, 7) is 2.84. The molecule has 0 aromatic carbocycles. The summed E-state index contributed by atoms with van der Waals surface area (Å²) >= 11 is 0. The predicted octanol–water partition coefficient (Wildman–Crippen LogP) is 9.15. The van der Waals surface area contributed by atoms with Gasteiger partial charge in [0.1, 0.15) is 43.2 Å². The maximum atomic E-state index is 13.0. The number of aliphatic hydroxyl groups excluding tert-OH is 5. The summed E-state index contributed by atoms with van der Waals surface area (Å²) in [7, 11) is -10.7. The van der Waals surface area contributed by atoms with Crippen LogP contribution in [-0.4, -0.2) is 114 Å². The first-order valence-electron chi connectivity index (χ1n) is 25.2. The van der Waals surface area contributed by atoms with Gasteiger partial charge in [-0.3, -0.25) is 23.2 Å². The van der Waals surface area contributed by atoms with Gasteiger partial charge < -0.3 is 49.7 Å². The molecule has 1 fully saturated rings. The molecule has 0 saturated heterocycles. The van der Waals surface area contributed by atoms with Crippen molar-refractivity contribution in [3.8, 4) is 0 Å². The highest BCUT2D eigenvalue weighted by atomic mass is 31.2.